The van der Waals surface area contributed by atoms with Crippen molar-refractivity contribution in [1.29, 1.82) is 0 Å². The zero-order chi connectivity index (χ0) is 15.0. The fourth-order valence-electron chi connectivity index (χ4n) is 2.69. The van der Waals surface area contributed by atoms with Crippen molar-refractivity contribution in [1.82, 2.24) is 9.55 Å². The first-order valence-electron chi connectivity index (χ1n) is 7.36. The van der Waals surface area contributed by atoms with E-state index in [9.17, 15) is 0 Å². The number of aromatic nitrogens is 2. The molecule has 3 heteroatoms. The first-order valence-corrected chi connectivity index (χ1v) is 7.36. The van der Waals surface area contributed by atoms with Crippen LogP contribution in [0.25, 0.3) is 22.4 Å². The second-order valence-corrected chi connectivity index (χ2v) is 5.68. The molecule has 1 atom stereocenters. The molecule has 1 unspecified atom stereocenters. The molecule has 0 amide bonds. The van der Waals surface area contributed by atoms with Gasteiger partial charge in [-0.2, -0.15) is 0 Å². The number of nitrogens with two attached hydrogens (primary N) is 1. The van der Waals surface area contributed by atoms with Gasteiger partial charge in [0.25, 0.3) is 0 Å². The highest BCUT2D eigenvalue weighted by Gasteiger charge is 2.17. The van der Waals surface area contributed by atoms with Gasteiger partial charge in [0.15, 0.2) is 0 Å². The average molecular weight is 279 g/mol. The molecule has 3 nitrogen and oxygen atoms in total. The normalized spacial score (nSPS) is 12.8. The Bertz CT molecular complexity index is 772. The van der Waals surface area contributed by atoms with Crippen LogP contribution in [0, 0.1) is 13.8 Å². The standard InChI is InChI=1S/C18H21N3/c1-12-9-16-17(10-13(12)2)21(14(3)11-19)18(20-16)15-7-5-4-6-8-15/h4-10,14H,11,19H2,1-3H3. The van der Waals surface area contributed by atoms with Gasteiger partial charge in [-0.1, -0.05) is 30.3 Å². The van der Waals surface area contributed by atoms with E-state index in [1.165, 1.54) is 11.1 Å². The molecule has 21 heavy (non-hydrogen) atoms. The van der Waals surface area contributed by atoms with Gasteiger partial charge >= 0.3 is 0 Å². The maximum Gasteiger partial charge on any atom is 0.141 e. The van der Waals surface area contributed by atoms with Crippen molar-refractivity contribution in [2.45, 2.75) is 26.8 Å². The lowest BCUT2D eigenvalue weighted by Gasteiger charge is -2.16. The van der Waals surface area contributed by atoms with E-state index in [4.69, 9.17) is 10.7 Å². The van der Waals surface area contributed by atoms with Gasteiger partial charge < -0.3 is 10.3 Å². The average Bonchev–Trinajstić information content (AvgIpc) is 2.86. The van der Waals surface area contributed by atoms with Gasteiger partial charge in [0, 0.05) is 18.2 Å². The molecule has 0 aliphatic carbocycles. The summed E-state index contributed by atoms with van der Waals surface area (Å²) in [4.78, 5) is 4.86. The van der Waals surface area contributed by atoms with E-state index >= 15 is 0 Å². The highest BCUT2D eigenvalue weighted by molar-refractivity contribution is 5.82. The first-order chi connectivity index (χ1) is 10.1. The summed E-state index contributed by atoms with van der Waals surface area (Å²) in [6, 6.07) is 14.9. The van der Waals surface area contributed by atoms with Crippen molar-refractivity contribution in [2.75, 3.05) is 6.54 Å². The number of rotatable bonds is 3. The van der Waals surface area contributed by atoms with Crippen LogP contribution in [0.1, 0.15) is 24.1 Å². The fourth-order valence-corrected chi connectivity index (χ4v) is 2.69. The zero-order valence-corrected chi connectivity index (χ0v) is 12.8. The number of nitrogens with zero attached hydrogens (tertiary/aromatic N) is 2. The molecule has 0 saturated heterocycles. The number of hydrogen-bond acceptors (Lipinski definition) is 2. The van der Waals surface area contributed by atoms with Crippen LogP contribution >= 0.6 is 0 Å². The third kappa shape index (κ3) is 2.34. The van der Waals surface area contributed by atoms with Crippen molar-refractivity contribution in [2.24, 2.45) is 5.73 Å². The van der Waals surface area contributed by atoms with Gasteiger partial charge in [0.1, 0.15) is 5.82 Å². The molecule has 0 fully saturated rings. The highest BCUT2D eigenvalue weighted by atomic mass is 15.1. The second kappa shape index (κ2) is 5.34. The Balaban J connectivity index is 2.33. The number of hydrogen-bond donors (Lipinski definition) is 1. The molecule has 0 spiro atoms. The third-order valence-corrected chi connectivity index (χ3v) is 4.12. The molecule has 1 aromatic heterocycles. The lowest BCUT2D eigenvalue weighted by atomic mass is 10.1. The monoisotopic (exact) mass is 279 g/mol. The van der Waals surface area contributed by atoms with Crippen LogP contribution in [0.4, 0.5) is 0 Å². The Morgan fingerprint density at radius 1 is 1.10 bits per heavy atom. The number of fused-ring (bicyclic) bond motifs is 1. The van der Waals surface area contributed by atoms with Gasteiger partial charge in [0.05, 0.1) is 11.0 Å². The molecule has 0 radical (unpaired) electrons. The summed E-state index contributed by atoms with van der Waals surface area (Å²) < 4.78 is 2.26. The molecular formula is C18H21N3. The van der Waals surface area contributed by atoms with Crippen molar-refractivity contribution in [3.8, 4) is 11.4 Å². The summed E-state index contributed by atoms with van der Waals surface area (Å²) in [6.45, 7) is 7.00. The maximum absolute atomic E-state index is 5.92. The fraction of sp³-hybridized carbons (Fsp3) is 0.278. The second-order valence-electron chi connectivity index (χ2n) is 5.68. The molecule has 2 N–H and O–H groups in total. The van der Waals surface area contributed by atoms with E-state index in [2.05, 4.69) is 49.6 Å². The van der Waals surface area contributed by atoms with Crippen LogP contribution in [-0.2, 0) is 0 Å². The van der Waals surface area contributed by atoms with Crippen LogP contribution in [0.5, 0.6) is 0 Å². The van der Waals surface area contributed by atoms with Gasteiger partial charge in [-0.15, -0.1) is 0 Å². The van der Waals surface area contributed by atoms with Gasteiger partial charge in [-0.05, 0) is 44.0 Å². The van der Waals surface area contributed by atoms with Crippen LogP contribution in [-0.4, -0.2) is 16.1 Å². The van der Waals surface area contributed by atoms with E-state index < -0.39 is 0 Å². The Kier molecular flexibility index (Phi) is 3.52. The molecule has 0 aliphatic rings. The number of aryl methyl sites for hydroxylation is 2. The molecular weight excluding hydrogens is 258 g/mol. The van der Waals surface area contributed by atoms with E-state index in [0.29, 0.717) is 6.54 Å². The Morgan fingerprint density at radius 2 is 1.76 bits per heavy atom. The van der Waals surface area contributed by atoms with E-state index in [0.717, 1.165) is 22.4 Å². The smallest absolute Gasteiger partial charge is 0.141 e. The van der Waals surface area contributed by atoms with Crippen molar-refractivity contribution in [3.05, 3.63) is 53.6 Å². The largest absolute Gasteiger partial charge is 0.328 e. The Hall–Kier alpha value is -2.13. The van der Waals surface area contributed by atoms with Crippen molar-refractivity contribution < 1.29 is 0 Å². The molecule has 3 aromatic rings. The molecule has 1 heterocycles. The molecule has 108 valence electrons. The minimum Gasteiger partial charge on any atom is -0.328 e. The highest BCUT2D eigenvalue weighted by Crippen LogP contribution is 2.29. The molecule has 2 aromatic carbocycles. The maximum atomic E-state index is 5.92. The Morgan fingerprint density at radius 3 is 2.43 bits per heavy atom. The molecule has 0 saturated carbocycles. The lowest BCUT2D eigenvalue weighted by molar-refractivity contribution is 0.578. The summed E-state index contributed by atoms with van der Waals surface area (Å²) in [5.74, 6) is 0.994. The minimum atomic E-state index is 0.215. The molecule has 3 rings (SSSR count). The molecule has 0 bridgehead atoms. The summed E-state index contributed by atoms with van der Waals surface area (Å²) in [6.07, 6.45) is 0. The summed E-state index contributed by atoms with van der Waals surface area (Å²) >= 11 is 0. The van der Waals surface area contributed by atoms with Crippen LogP contribution in [0.2, 0.25) is 0 Å². The van der Waals surface area contributed by atoms with E-state index in [1.807, 2.05) is 18.2 Å². The predicted octanol–water partition coefficient (Wildman–Crippen LogP) is 3.84. The summed E-state index contributed by atoms with van der Waals surface area (Å²) in [5.41, 5.74) is 11.8. The van der Waals surface area contributed by atoms with Crippen LogP contribution in [0.15, 0.2) is 42.5 Å². The summed E-state index contributed by atoms with van der Waals surface area (Å²) in [7, 11) is 0. The van der Waals surface area contributed by atoms with E-state index in [1.54, 1.807) is 0 Å². The van der Waals surface area contributed by atoms with Gasteiger partial charge in [0.2, 0.25) is 0 Å². The van der Waals surface area contributed by atoms with Crippen molar-refractivity contribution in [3.63, 3.8) is 0 Å². The Labute approximate surface area is 125 Å². The van der Waals surface area contributed by atoms with E-state index in [-0.39, 0.29) is 6.04 Å². The van der Waals surface area contributed by atoms with Gasteiger partial charge in [-0.3, -0.25) is 0 Å². The van der Waals surface area contributed by atoms with Crippen molar-refractivity contribution >= 4 is 11.0 Å². The lowest BCUT2D eigenvalue weighted by Crippen LogP contribution is -2.17. The third-order valence-electron chi connectivity index (χ3n) is 4.12. The van der Waals surface area contributed by atoms with Crippen LogP contribution in [0.3, 0.4) is 0 Å². The first kappa shape index (κ1) is 13.8. The minimum absolute atomic E-state index is 0.215. The quantitative estimate of drug-likeness (QED) is 0.791. The SMILES string of the molecule is Cc1cc2nc(-c3ccccc3)n(C(C)CN)c2cc1C. The van der Waals surface area contributed by atoms with Crippen LogP contribution < -0.4 is 5.73 Å². The predicted molar refractivity (Wildman–Crippen MR) is 88.4 cm³/mol. The number of imidazole rings is 1. The topological polar surface area (TPSA) is 43.8 Å². The zero-order valence-electron chi connectivity index (χ0n) is 12.8. The van der Waals surface area contributed by atoms with Gasteiger partial charge in [-0.25, -0.2) is 4.98 Å². The summed E-state index contributed by atoms with van der Waals surface area (Å²) in [5, 5.41) is 0. The number of benzene rings is 2. The molecule has 0 aliphatic heterocycles.